The van der Waals surface area contributed by atoms with Crippen LogP contribution < -0.4 is 5.32 Å². The molecule has 0 atom stereocenters. The van der Waals surface area contributed by atoms with Gasteiger partial charge in [0.1, 0.15) is 0 Å². The number of hydrogen-bond acceptors (Lipinski definition) is 2. The number of nitrogens with zero attached hydrogens (tertiary/aromatic N) is 1. The zero-order chi connectivity index (χ0) is 12.4. The maximum absolute atomic E-state index is 13.5. The number of halogens is 4. The average Bonchev–Trinajstić information content (AvgIpc) is 2.27. The molecule has 17 heavy (non-hydrogen) atoms. The molecule has 88 valence electrons. The van der Waals surface area contributed by atoms with Crippen LogP contribution in [0.4, 0.5) is 15.9 Å². The average molecular weight is 380 g/mol. The van der Waals surface area contributed by atoms with Crippen LogP contribution in [0, 0.1) is 5.82 Å². The van der Waals surface area contributed by atoms with Gasteiger partial charge in [0.2, 0.25) is 0 Å². The maximum atomic E-state index is 13.5. The highest BCUT2D eigenvalue weighted by molar-refractivity contribution is 9.11. The lowest BCUT2D eigenvalue weighted by Crippen LogP contribution is -1.97. The number of pyridine rings is 1. The van der Waals surface area contributed by atoms with Crippen LogP contribution in [0.15, 0.2) is 39.4 Å². The van der Waals surface area contributed by atoms with Gasteiger partial charge in [0, 0.05) is 15.1 Å². The Morgan fingerprint density at radius 3 is 2.71 bits per heavy atom. The number of benzene rings is 1. The Morgan fingerprint density at radius 2 is 2.00 bits per heavy atom. The van der Waals surface area contributed by atoms with E-state index in [1.165, 1.54) is 12.3 Å². The van der Waals surface area contributed by atoms with E-state index in [9.17, 15) is 4.39 Å². The van der Waals surface area contributed by atoms with Gasteiger partial charge in [-0.05, 0) is 40.2 Å². The molecule has 0 radical (unpaired) electrons. The van der Waals surface area contributed by atoms with Crippen molar-refractivity contribution >= 4 is 55.0 Å². The van der Waals surface area contributed by atoms with Crippen molar-refractivity contribution in [1.82, 2.24) is 4.98 Å². The van der Waals surface area contributed by atoms with Crippen LogP contribution >= 0.6 is 43.5 Å². The molecule has 0 amide bonds. The minimum Gasteiger partial charge on any atom is -0.337 e. The van der Waals surface area contributed by atoms with E-state index < -0.39 is 5.82 Å². The van der Waals surface area contributed by atoms with E-state index >= 15 is 0 Å². The highest BCUT2D eigenvalue weighted by atomic mass is 79.9. The molecule has 1 aromatic heterocycles. The minimum atomic E-state index is -0.496. The third-order valence-electron chi connectivity index (χ3n) is 1.99. The predicted molar refractivity (Wildman–Crippen MR) is 74.3 cm³/mol. The first kappa shape index (κ1) is 12.8. The van der Waals surface area contributed by atoms with E-state index in [0.717, 1.165) is 8.95 Å². The molecule has 1 heterocycles. The van der Waals surface area contributed by atoms with E-state index in [4.69, 9.17) is 11.6 Å². The monoisotopic (exact) mass is 378 g/mol. The summed E-state index contributed by atoms with van der Waals surface area (Å²) in [6, 6.07) is 6.75. The summed E-state index contributed by atoms with van der Waals surface area (Å²) in [7, 11) is 0. The fourth-order valence-electron chi connectivity index (χ4n) is 1.23. The van der Waals surface area contributed by atoms with Crippen molar-refractivity contribution in [3.63, 3.8) is 0 Å². The lowest BCUT2D eigenvalue weighted by molar-refractivity contribution is 0.626. The molecule has 1 aromatic carbocycles. The van der Waals surface area contributed by atoms with Gasteiger partial charge in [-0.2, -0.15) is 0 Å². The molecular weight excluding hydrogens is 374 g/mol. The molecule has 0 aliphatic carbocycles. The molecule has 0 fully saturated rings. The summed E-state index contributed by atoms with van der Waals surface area (Å²) in [6.45, 7) is 0. The van der Waals surface area contributed by atoms with Gasteiger partial charge >= 0.3 is 0 Å². The molecule has 2 aromatic rings. The Labute approximate surface area is 119 Å². The van der Waals surface area contributed by atoms with E-state index in [1.54, 1.807) is 0 Å². The van der Waals surface area contributed by atoms with E-state index in [-0.39, 0.29) is 10.8 Å². The van der Waals surface area contributed by atoms with Gasteiger partial charge in [-0.15, -0.1) is 0 Å². The molecule has 0 saturated carbocycles. The number of rotatable bonds is 2. The zero-order valence-electron chi connectivity index (χ0n) is 8.35. The maximum Gasteiger partial charge on any atom is 0.167 e. The number of aromatic nitrogens is 1. The topological polar surface area (TPSA) is 24.9 Å². The summed E-state index contributed by atoms with van der Waals surface area (Å²) in [5, 5.41) is 3.15. The summed E-state index contributed by atoms with van der Waals surface area (Å²) < 4.78 is 15.2. The first-order valence-electron chi connectivity index (χ1n) is 4.59. The first-order chi connectivity index (χ1) is 8.06. The van der Waals surface area contributed by atoms with Gasteiger partial charge in [0.15, 0.2) is 11.6 Å². The Morgan fingerprint density at radius 1 is 1.24 bits per heavy atom. The highest BCUT2D eigenvalue weighted by Crippen LogP contribution is 2.29. The minimum absolute atomic E-state index is 0.133. The summed E-state index contributed by atoms with van der Waals surface area (Å²) >= 11 is 12.3. The van der Waals surface area contributed by atoms with Crippen molar-refractivity contribution in [1.29, 1.82) is 0 Å². The second-order valence-electron chi connectivity index (χ2n) is 3.23. The number of anilines is 2. The molecule has 0 spiro atoms. The zero-order valence-corrected chi connectivity index (χ0v) is 12.3. The van der Waals surface area contributed by atoms with Crippen LogP contribution in [-0.2, 0) is 0 Å². The molecule has 6 heteroatoms. The SMILES string of the molecule is Fc1cc(Cl)cnc1Nc1cc(Br)ccc1Br. The van der Waals surface area contributed by atoms with Gasteiger partial charge in [-0.25, -0.2) is 9.37 Å². The third-order valence-corrected chi connectivity index (χ3v) is 3.38. The molecule has 0 aliphatic heterocycles. The van der Waals surface area contributed by atoms with Crippen LogP contribution in [0.25, 0.3) is 0 Å². The predicted octanol–water partition coefficient (Wildman–Crippen LogP) is 5.14. The standard InChI is InChI=1S/C11H6Br2ClFN2/c12-6-1-2-8(13)10(3-6)17-11-9(15)4-7(14)5-16-11/h1-5H,(H,16,17). The normalized spacial score (nSPS) is 10.4. The van der Waals surface area contributed by atoms with E-state index in [0.29, 0.717) is 5.69 Å². The van der Waals surface area contributed by atoms with Crippen LogP contribution in [-0.4, -0.2) is 4.98 Å². The number of nitrogens with one attached hydrogen (secondary N) is 1. The van der Waals surface area contributed by atoms with Gasteiger partial charge < -0.3 is 5.32 Å². The van der Waals surface area contributed by atoms with Gasteiger partial charge in [0.05, 0.1) is 10.7 Å². The lowest BCUT2D eigenvalue weighted by atomic mass is 10.3. The highest BCUT2D eigenvalue weighted by Gasteiger charge is 2.07. The summed E-state index contributed by atoms with van der Waals surface area (Å²) in [4.78, 5) is 3.89. The second-order valence-corrected chi connectivity index (χ2v) is 5.44. The van der Waals surface area contributed by atoms with E-state index in [1.807, 2.05) is 18.2 Å². The fourth-order valence-corrected chi connectivity index (χ4v) is 2.08. The molecule has 0 saturated heterocycles. The Kier molecular flexibility index (Phi) is 4.01. The molecule has 0 aliphatic rings. The molecule has 2 rings (SSSR count). The quantitative estimate of drug-likeness (QED) is 0.780. The summed E-state index contributed by atoms with van der Waals surface area (Å²) in [5.41, 5.74) is 0.716. The number of hydrogen-bond donors (Lipinski definition) is 1. The molecule has 2 nitrogen and oxygen atoms in total. The Balaban J connectivity index is 2.34. The largest absolute Gasteiger partial charge is 0.337 e. The molecule has 0 unspecified atom stereocenters. The molecular formula is C11H6Br2ClFN2. The van der Waals surface area contributed by atoms with Crippen molar-refractivity contribution in [2.24, 2.45) is 0 Å². The third kappa shape index (κ3) is 3.18. The van der Waals surface area contributed by atoms with Gasteiger partial charge in [0.25, 0.3) is 0 Å². The van der Waals surface area contributed by atoms with Crippen molar-refractivity contribution in [2.75, 3.05) is 5.32 Å². The van der Waals surface area contributed by atoms with Crippen LogP contribution in [0.3, 0.4) is 0 Å². The van der Waals surface area contributed by atoms with Crippen molar-refractivity contribution in [3.8, 4) is 0 Å². The lowest BCUT2D eigenvalue weighted by Gasteiger charge is -2.09. The van der Waals surface area contributed by atoms with Gasteiger partial charge in [-0.1, -0.05) is 27.5 Å². The van der Waals surface area contributed by atoms with Gasteiger partial charge in [-0.3, -0.25) is 0 Å². The van der Waals surface area contributed by atoms with Crippen LogP contribution in [0.5, 0.6) is 0 Å². The second kappa shape index (κ2) is 5.33. The van der Waals surface area contributed by atoms with Crippen LogP contribution in [0.1, 0.15) is 0 Å². The van der Waals surface area contributed by atoms with Crippen molar-refractivity contribution in [2.45, 2.75) is 0 Å². The van der Waals surface area contributed by atoms with E-state index in [2.05, 4.69) is 42.2 Å². The fraction of sp³-hybridized carbons (Fsp3) is 0. The van der Waals surface area contributed by atoms with Crippen molar-refractivity contribution < 1.29 is 4.39 Å². The smallest absolute Gasteiger partial charge is 0.167 e. The summed E-state index contributed by atoms with van der Waals surface area (Å²) in [5.74, 6) is -0.363. The Bertz CT molecular complexity index is 563. The Hall–Kier alpha value is -0.650. The summed E-state index contributed by atoms with van der Waals surface area (Å²) in [6.07, 6.45) is 1.39. The molecule has 0 bridgehead atoms. The molecule has 1 N–H and O–H groups in total. The first-order valence-corrected chi connectivity index (χ1v) is 6.56. The van der Waals surface area contributed by atoms with Crippen LogP contribution in [0.2, 0.25) is 5.02 Å². The van der Waals surface area contributed by atoms with Crippen molar-refractivity contribution in [3.05, 3.63) is 50.2 Å².